The lowest BCUT2D eigenvalue weighted by Crippen LogP contribution is -2.39. The Hall–Kier alpha value is -5.98. The number of nitrogens with one attached hydrogen (secondary N) is 1. The summed E-state index contributed by atoms with van der Waals surface area (Å²) in [7, 11) is 1.26. The highest BCUT2D eigenvalue weighted by Crippen LogP contribution is 2.30. The van der Waals surface area contributed by atoms with Gasteiger partial charge in [0.25, 0.3) is 11.8 Å². The molecule has 0 aliphatic carbocycles. The van der Waals surface area contributed by atoms with Gasteiger partial charge in [-0.05, 0) is 85.1 Å². The van der Waals surface area contributed by atoms with Gasteiger partial charge in [-0.2, -0.15) is 4.39 Å². The number of benzene rings is 4. The van der Waals surface area contributed by atoms with Crippen LogP contribution in [0.15, 0.2) is 89.5 Å². The van der Waals surface area contributed by atoms with Crippen molar-refractivity contribution in [2.24, 2.45) is 0 Å². The quantitative estimate of drug-likeness (QED) is 0.195. The molecule has 3 heterocycles. The number of piperidine rings is 1. The standard InChI is InChI=1S/C36H29F3N6O4/c1-48-31-12-10-27(32(38)33(31)39)29-20-45(43-42-29)26-13-15-44(16-14-26)36(47)24-4-2-3-23(18-24)34(46)40-19-21-5-11-30-28(17-21)41-35(49-30)22-6-8-25(37)9-7-22/h2-12,17-18,20,26H,13-16,19H2,1H3,(H,40,46). The summed E-state index contributed by atoms with van der Waals surface area (Å²) in [5.74, 6) is -2.86. The molecule has 0 unspecified atom stereocenters. The first-order valence-electron chi connectivity index (χ1n) is 15.5. The Labute approximate surface area is 278 Å². The molecule has 1 aliphatic rings. The number of carbonyl (C=O) groups excluding carboxylic acids is 2. The van der Waals surface area contributed by atoms with Gasteiger partial charge in [-0.3, -0.25) is 9.59 Å². The minimum Gasteiger partial charge on any atom is -0.494 e. The number of aromatic nitrogens is 4. The molecule has 1 N–H and O–H groups in total. The molecule has 0 radical (unpaired) electrons. The Morgan fingerprint density at radius 3 is 2.49 bits per heavy atom. The Morgan fingerprint density at radius 2 is 1.71 bits per heavy atom. The number of halogens is 3. The van der Waals surface area contributed by atoms with Crippen LogP contribution < -0.4 is 10.1 Å². The summed E-state index contributed by atoms with van der Waals surface area (Å²) in [4.78, 5) is 32.7. The van der Waals surface area contributed by atoms with Crippen LogP contribution in [0.2, 0.25) is 0 Å². The Kier molecular flexibility index (Phi) is 8.55. The molecule has 4 aromatic carbocycles. The number of methoxy groups -OCH3 is 1. The third-order valence-corrected chi connectivity index (χ3v) is 8.55. The lowest BCUT2D eigenvalue weighted by atomic mass is 10.0. The summed E-state index contributed by atoms with van der Waals surface area (Å²) in [6, 6.07) is 20.5. The molecular formula is C36H29F3N6O4. The van der Waals surface area contributed by atoms with Gasteiger partial charge in [-0.15, -0.1) is 5.10 Å². The summed E-state index contributed by atoms with van der Waals surface area (Å²) in [5.41, 5.74) is 3.54. The molecule has 13 heteroatoms. The highest BCUT2D eigenvalue weighted by molar-refractivity contribution is 5.99. The molecule has 0 bridgehead atoms. The lowest BCUT2D eigenvalue weighted by Gasteiger charge is -2.32. The summed E-state index contributed by atoms with van der Waals surface area (Å²) in [6.45, 7) is 1.10. The summed E-state index contributed by atoms with van der Waals surface area (Å²) in [6.07, 6.45) is 2.73. The van der Waals surface area contributed by atoms with Crippen molar-refractivity contribution in [1.29, 1.82) is 0 Å². The summed E-state index contributed by atoms with van der Waals surface area (Å²) in [5, 5.41) is 11.1. The average molecular weight is 667 g/mol. The molecule has 7 rings (SSSR count). The van der Waals surface area contributed by atoms with E-state index in [0.29, 0.717) is 59.6 Å². The second-order valence-corrected chi connectivity index (χ2v) is 11.6. The number of hydrogen-bond acceptors (Lipinski definition) is 7. The van der Waals surface area contributed by atoms with E-state index in [1.807, 2.05) is 12.1 Å². The topological polar surface area (TPSA) is 115 Å². The fourth-order valence-electron chi connectivity index (χ4n) is 5.86. The summed E-state index contributed by atoms with van der Waals surface area (Å²) < 4.78 is 54.3. The minimum absolute atomic E-state index is 0.0192. The third kappa shape index (κ3) is 6.47. The van der Waals surface area contributed by atoms with Crippen molar-refractivity contribution in [3.05, 3.63) is 119 Å². The van der Waals surface area contributed by atoms with E-state index in [1.54, 1.807) is 58.2 Å². The van der Waals surface area contributed by atoms with Gasteiger partial charge in [0, 0.05) is 41.9 Å². The number of likely N-dealkylation sites (tertiary alicyclic amines) is 1. The van der Waals surface area contributed by atoms with E-state index in [-0.39, 0.29) is 47.2 Å². The van der Waals surface area contributed by atoms with Gasteiger partial charge in [0.05, 0.1) is 19.3 Å². The van der Waals surface area contributed by atoms with E-state index >= 15 is 0 Å². The molecule has 10 nitrogen and oxygen atoms in total. The van der Waals surface area contributed by atoms with Gasteiger partial charge in [0.15, 0.2) is 17.1 Å². The monoisotopic (exact) mass is 666 g/mol. The maximum absolute atomic E-state index is 14.6. The molecule has 49 heavy (non-hydrogen) atoms. The second kappa shape index (κ2) is 13.3. The van der Waals surface area contributed by atoms with Crippen LogP contribution in [0.1, 0.15) is 45.2 Å². The normalized spacial score (nSPS) is 13.5. The fraction of sp³-hybridized carbons (Fsp3) is 0.194. The Bertz CT molecular complexity index is 2170. The van der Waals surface area contributed by atoms with Crippen LogP contribution in [0.4, 0.5) is 13.2 Å². The smallest absolute Gasteiger partial charge is 0.253 e. The fourth-order valence-corrected chi connectivity index (χ4v) is 5.86. The molecule has 0 saturated carbocycles. The molecule has 1 fully saturated rings. The van der Waals surface area contributed by atoms with Crippen LogP contribution in [0.3, 0.4) is 0 Å². The lowest BCUT2D eigenvalue weighted by molar-refractivity contribution is 0.0689. The van der Waals surface area contributed by atoms with E-state index in [4.69, 9.17) is 9.15 Å². The summed E-state index contributed by atoms with van der Waals surface area (Å²) >= 11 is 0. The molecule has 1 saturated heterocycles. The zero-order valence-electron chi connectivity index (χ0n) is 26.2. The van der Waals surface area contributed by atoms with Crippen molar-refractivity contribution in [3.63, 3.8) is 0 Å². The van der Waals surface area contributed by atoms with Crippen molar-refractivity contribution in [3.8, 4) is 28.5 Å². The van der Waals surface area contributed by atoms with Gasteiger partial charge < -0.3 is 19.4 Å². The number of oxazole rings is 1. The molecular weight excluding hydrogens is 637 g/mol. The first-order chi connectivity index (χ1) is 23.8. The zero-order chi connectivity index (χ0) is 34.1. The molecule has 6 aromatic rings. The number of ether oxygens (including phenoxy) is 1. The SMILES string of the molecule is COc1ccc(-c2cn(C3CCN(C(=O)c4cccc(C(=O)NCc5ccc6oc(-c7ccc(F)cc7)nc6c5)c4)CC3)nn2)c(F)c1F. The predicted octanol–water partition coefficient (Wildman–Crippen LogP) is 6.59. The van der Waals surface area contributed by atoms with Gasteiger partial charge in [0.2, 0.25) is 11.7 Å². The maximum Gasteiger partial charge on any atom is 0.253 e. The Balaban J connectivity index is 0.952. The van der Waals surface area contributed by atoms with Gasteiger partial charge in [-0.1, -0.05) is 17.3 Å². The van der Waals surface area contributed by atoms with E-state index in [9.17, 15) is 22.8 Å². The van der Waals surface area contributed by atoms with E-state index < -0.39 is 11.6 Å². The largest absolute Gasteiger partial charge is 0.494 e. The van der Waals surface area contributed by atoms with Gasteiger partial charge >= 0.3 is 0 Å². The van der Waals surface area contributed by atoms with Crippen molar-refractivity contribution < 1.29 is 31.9 Å². The zero-order valence-corrected chi connectivity index (χ0v) is 26.2. The number of fused-ring (bicyclic) bond motifs is 1. The number of rotatable bonds is 8. The predicted molar refractivity (Wildman–Crippen MR) is 173 cm³/mol. The first kappa shape index (κ1) is 31.6. The van der Waals surface area contributed by atoms with Crippen molar-refractivity contribution >= 4 is 22.9 Å². The molecule has 0 spiro atoms. The Morgan fingerprint density at radius 1 is 0.939 bits per heavy atom. The first-order valence-corrected chi connectivity index (χ1v) is 15.5. The second-order valence-electron chi connectivity index (χ2n) is 11.6. The third-order valence-electron chi connectivity index (χ3n) is 8.55. The van der Waals surface area contributed by atoms with E-state index in [0.717, 1.165) is 5.56 Å². The van der Waals surface area contributed by atoms with Crippen molar-refractivity contribution in [2.45, 2.75) is 25.4 Å². The number of carbonyl (C=O) groups is 2. The van der Waals surface area contributed by atoms with Crippen LogP contribution in [0, 0.1) is 17.5 Å². The molecule has 0 atom stereocenters. The van der Waals surface area contributed by atoms with Crippen molar-refractivity contribution in [1.82, 2.24) is 30.2 Å². The minimum atomic E-state index is -1.09. The molecule has 1 aliphatic heterocycles. The molecule has 2 aromatic heterocycles. The maximum atomic E-state index is 14.6. The molecule has 248 valence electrons. The van der Waals surface area contributed by atoms with Crippen LogP contribution in [0.25, 0.3) is 33.8 Å². The van der Waals surface area contributed by atoms with Crippen LogP contribution in [-0.4, -0.2) is 56.9 Å². The number of nitrogens with zero attached hydrogens (tertiary/aromatic N) is 5. The van der Waals surface area contributed by atoms with Gasteiger partial charge in [-0.25, -0.2) is 18.4 Å². The van der Waals surface area contributed by atoms with Crippen LogP contribution in [0.5, 0.6) is 5.75 Å². The van der Waals surface area contributed by atoms with Crippen LogP contribution in [-0.2, 0) is 6.54 Å². The van der Waals surface area contributed by atoms with E-state index in [1.165, 1.54) is 31.4 Å². The number of amides is 2. The number of hydrogen-bond donors (Lipinski definition) is 1. The van der Waals surface area contributed by atoms with Crippen molar-refractivity contribution in [2.75, 3.05) is 20.2 Å². The van der Waals surface area contributed by atoms with Crippen LogP contribution >= 0.6 is 0 Å². The van der Waals surface area contributed by atoms with Gasteiger partial charge in [0.1, 0.15) is 17.0 Å². The molecule has 2 amide bonds. The highest BCUT2D eigenvalue weighted by atomic mass is 19.2. The average Bonchev–Trinajstić information content (AvgIpc) is 3.80. The van der Waals surface area contributed by atoms with E-state index in [2.05, 4.69) is 20.6 Å². The highest BCUT2D eigenvalue weighted by Gasteiger charge is 2.27.